The molecule has 0 saturated heterocycles. The summed E-state index contributed by atoms with van der Waals surface area (Å²) in [7, 11) is -2.88. The molecule has 2 aromatic rings. The number of aryl methyl sites for hydroxylation is 1. The molecule has 0 aliphatic heterocycles. The predicted molar refractivity (Wildman–Crippen MR) is 132 cm³/mol. The fourth-order valence-electron chi connectivity index (χ4n) is 4.30. The van der Waals surface area contributed by atoms with E-state index in [0.717, 1.165) is 43.5 Å². The number of esters is 1. The average Bonchev–Trinajstić information content (AvgIpc) is 2.85. The van der Waals surface area contributed by atoms with Gasteiger partial charge in [0.2, 0.25) is 0 Å². The standard InChI is InChI=1S/C25H33N3O5S/c1-4-28(5-2)17-16-26-24(29)20-12-8-9-13-22(20)34(31,32)27-21-15-14-18-10-6-7-11-19(18)23(21)25(30)33-3/h8-9,12-15,27H,4-7,10-11,16-17H2,1-3H3,(H,26,29). The number of hydrogen-bond acceptors (Lipinski definition) is 6. The molecule has 0 bridgehead atoms. The third kappa shape index (κ3) is 5.77. The summed E-state index contributed by atoms with van der Waals surface area (Å²) in [5, 5.41) is 2.81. The minimum atomic E-state index is -4.16. The van der Waals surface area contributed by atoms with E-state index in [2.05, 4.69) is 14.9 Å². The minimum absolute atomic E-state index is 0.0483. The van der Waals surface area contributed by atoms with Crippen molar-refractivity contribution in [1.82, 2.24) is 10.2 Å². The maximum Gasteiger partial charge on any atom is 0.340 e. The molecular formula is C25H33N3O5S. The number of amides is 1. The summed E-state index contributed by atoms with van der Waals surface area (Å²) in [6.45, 7) is 6.89. The Morgan fingerprint density at radius 2 is 1.74 bits per heavy atom. The van der Waals surface area contributed by atoms with Crippen molar-refractivity contribution in [1.29, 1.82) is 0 Å². The number of nitrogens with zero attached hydrogens (tertiary/aromatic N) is 1. The number of ether oxygens (including phenoxy) is 1. The van der Waals surface area contributed by atoms with Crippen LogP contribution in [0, 0.1) is 0 Å². The van der Waals surface area contributed by atoms with Crippen LogP contribution in [0.5, 0.6) is 0 Å². The summed E-state index contributed by atoms with van der Waals surface area (Å²) in [5.74, 6) is -1.05. The Kier molecular flexibility index (Phi) is 8.68. The highest BCUT2D eigenvalue weighted by Crippen LogP contribution is 2.32. The number of carbonyl (C=O) groups is 2. The van der Waals surface area contributed by atoms with Gasteiger partial charge in [0.25, 0.3) is 15.9 Å². The molecule has 3 rings (SSSR count). The fraction of sp³-hybridized carbons (Fsp3) is 0.440. The number of sulfonamides is 1. The SMILES string of the molecule is CCN(CC)CCNC(=O)c1ccccc1S(=O)(=O)Nc1ccc2c(c1C(=O)OC)CCCC2. The number of carbonyl (C=O) groups excluding carboxylic acids is 2. The molecule has 34 heavy (non-hydrogen) atoms. The predicted octanol–water partition coefficient (Wildman–Crippen LogP) is 3.22. The lowest BCUT2D eigenvalue weighted by atomic mass is 9.87. The van der Waals surface area contributed by atoms with E-state index in [4.69, 9.17) is 4.74 Å². The van der Waals surface area contributed by atoms with Gasteiger partial charge in [0, 0.05) is 13.1 Å². The Balaban J connectivity index is 1.90. The van der Waals surface area contributed by atoms with Gasteiger partial charge in [-0.1, -0.05) is 32.0 Å². The number of nitrogens with one attached hydrogen (secondary N) is 2. The zero-order valence-corrected chi connectivity index (χ0v) is 20.8. The van der Waals surface area contributed by atoms with Gasteiger partial charge in [0.05, 0.1) is 23.9 Å². The van der Waals surface area contributed by atoms with Crippen LogP contribution < -0.4 is 10.0 Å². The minimum Gasteiger partial charge on any atom is -0.465 e. The Hall–Kier alpha value is -2.91. The van der Waals surface area contributed by atoms with E-state index in [1.165, 1.54) is 19.2 Å². The largest absolute Gasteiger partial charge is 0.465 e. The number of benzene rings is 2. The van der Waals surface area contributed by atoms with Gasteiger partial charge in [0.15, 0.2) is 0 Å². The summed E-state index contributed by atoms with van der Waals surface area (Å²) >= 11 is 0. The monoisotopic (exact) mass is 487 g/mol. The lowest BCUT2D eigenvalue weighted by molar-refractivity contribution is 0.0600. The second-order valence-electron chi connectivity index (χ2n) is 8.21. The summed E-state index contributed by atoms with van der Waals surface area (Å²) in [6.07, 6.45) is 3.46. The molecule has 1 aliphatic rings. The van der Waals surface area contributed by atoms with E-state index >= 15 is 0 Å². The molecule has 2 N–H and O–H groups in total. The molecular weight excluding hydrogens is 454 g/mol. The molecule has 0 atom stereocenters. The fourth-order valence-corrected chi connectivity index (χ4v) is 5.58. The lowest BCUT2D eigenvalue weighted by Gasteiger charge is -2.22. The topological polar surface area (TPSA) is 105 Å². The van der Waals surface area contributed by atoms with Crippen LogP contribution in [0.3, 0.4) is 0 Å². The first-order chi connectivity index (χ1) is 16.3. The van der Waals surface area contributed by atoms with Crippen LogP contribution in [0.25, 0.3) is 0 Å². The molecule has 0 radical (unpaired) electrons. The van der Waals surface area contributed by atoms with E-state index in [-0.39, 0.29) is 21.7 Å². The lowest BCUT2D eigenvalue weighted by Crippen LogP contribution is -2.35. The smallest absolute Gasteiger partial charge is 0.340 e. The molecule has 1 amide bonds. The molecule has 1 aliphatic carbocycles. The maximum atomic E-state index is 13.4. The highest BCUT2D eigenvalue weighted by Gasteiger charge is 2.27. The van der Waals surface area contributed by atoms with Crippen LogP contribution in [0.15, 0.2) is 41.3 Å². The maximum absolute atomic E-state index is 13.4. The summed E-state index contributed by atoms with van der Waals surface area (Å²) in [4.78, 5) is 27.5. The molecule has 0 saturated carbocycles. The Bertz CT molecular complexity index is 1140. The zero-order chi connectivity index (χ0) is 24.7. The molecule has 8 nitrogen and oxygen atoms in total. The third-order valence-electron chi connectivity index (χ3n) is 6.20. The molecule has 9 heteroatoms. The average molecular weight is 488 g/mol. The first kappa shape index (κ1) is 25.7. The van der Waals surface area contributed by atoms with Crippen molar-refractivity contribution >= 4 is 27.6 Å². The third-order valence-corrected chi connectivity index (χ3v) is 7.62. The quantitative estimate of drug-likeness (QED) is 0.499. The van der Waals surface area contributed by atoms with Gasteiger partial charge in [-0.2, -0.15) is 0 Å². The second-order valence-corrected chi connectivity index (χ2v) is 9.86. The highest BCUT2D eigenvalue weighted by atomic mass is 32.2. The summed E-state index contributed by atoms with van der Waals surface area (Å²) in [6, 6.07) is 9.50. The normalized spacial score (nSPS) is 13.3. The summed E-state index contributed by atoms with van der Waals surface area (Å²) in [5.41, 5.74) is 2.30. The van der Waals surface area contributed by atoms with Gasteiger partial charge >= 0.3 is 5.97 Å². The van der Waals surface area contributed by atoms with Gasteiger partial charge in [0.1, 0.15) is 4.90 Å². The van der Waals surface area contributed by atoms with Gasteiger partial charge in [-0.15, -0.1) is 0 Å². The van der Waals surface area contributed by atoms with Gasteiger partial charge in [-0.3, -0.25) is 9.52 Å². The van der Waals surface area contributed by atoms with E-state index in [1.54, 1.807) is 18.2 Å². The Morgan fingerprint density at radius 3 is 2.44 bits per heavy atom. The van der Waals surface area contributed by atoms with Crippen molar-refractivity contribution in [3.05, 3.63) is 58.7 Å². The van der Waals surface area contributed by atoms with E-state index in [0.29, 0.717) is 19.5 Å². The van der Waals surface area contributed by atoms with Crippen LogP contribution in [-0.2, 0) is 27.6 Å². The molecule has 0 spiro atoms. The van der Waals surface area contributed by atoms with Crippen molar-refractivity contribution in [3.63, 3.8) is 0 Å². The van der Waals surface area contributed by atoms with Crippen LogP contribution in [-0.4, -0.2) is 58.5 Å². The van der Waals surface area contributed by atoms with Crippen molar-refractivity contribution in [2.45, 2.75) is 44.4 Å². The van der Waals surface area contributed by atoms with Crippen LogP contribution in [0.4, 0.5) is 5.69 Å². The van der Waals surface area contributed by atoms with E-state index < -0.39 is 21.9 Å². The van der Waals surface area contributed by atoms with Gasteiger partial charge < -0.3 is 15.0 Å². The van der Waals surface area contributed by atoms with Crippen LogP contribution in [0.2, 0.25) is 0 Å². The van der Waals surface area contributed by atoms with Gasteiger partial charge in [-0.05, 0) is 68.1 Å². The van der Waals surface area contributed by atoms with Gasteiger partial charge in [-0.25, -0.2) is 13.2 Å². The van der Waals surface area contributed by atoms with Crippen LogP contribution in [0.1, 0.15) is 58.5 Å². The first-order valence-electron chi connectivity index (χ1n) is 11.7. The number of rotatable bonds is 10. The molecule has 184 valence electrons. The molecule has 2 aromatic carbocycles. The number of fused-ring (bicyclic) bond motifs is 1. The number of likely N-dealkylation sites (N-methyl/N-ethyl adjacent to an activating group) is 1. The Morgan fingerprint density at radius 1 is 1.03 bits per heavy atom. The van der Waals surface area contributed by atoms with Crippen molar-refractivity contribution in [2.75, 3.05) is 38.0 Å². The molecule has 0 heterocycles. The van der Waals surface area contributed by atoms with Crippen molar-refractivity contribution in [3.8, 4) is 0 Å². The number of hydrogen-bond donors (Lipinski definition) is 2. The van der Waals surface area contributed by atoms with Crippen molar-refractivity contribution < 1.29 is 22.7 Å². The zero-order valence-electron chi connectivity index (χ0n) is 20.0. The molecule has 0 aromatic heterocycles. The number of anilines is 1. The molecule has 0 unspecified atom stereocenters. The van der Waals surface area contributed by atoms with E-state index in [9.17, 15) is 18.0 Å². The number of methoxy groups -OCH3 is 1. The summed E-state index contributed by atoms with van der Waals surface area (Å²) < 4.78 is 34.3. The van der Waals surface area contributed by atoms with Crippen molar-refractivity contribution in [2.24, 2.45) is 0 Å². The highest BCUT2D eigenvalue weighted by molar-refractivity contribution is 7.92. The van der Waals surface area contributed by atoms with E-state index in [1.807, 2.05) is 19.9 Å². The van der Waals surface area contributed by atoms with Crippen LogP contribution >= 0.6 is 0 Å². The Labute approximate surface area is 201 Å². The molecule has 0 fully saturated rings. The second kappa shape index (κ2) is 11.5. The first-order valence-corrected chi connectivity index (χ1v) is 13.2.